The fraction of sp³-hybridized carbons (Fsp3) is 0.276. The lowest BCUT2D eigenvalue weighted by molar-refractivity contribution is -0.116. The van der Waals surface area contributed by atoms with Crippen LogP contribution in [0.25, 0.3) is 12.2 Å². The van der Waals surface area contributed by atoms with Crippen LogP contribution in [0, 0.1) is 0 Å². The average molecular weight is 507 g/mol. The van der Waals surface area contributed by atoms with E-state index in [0.29, 0.717) is 66.0 Å². The van der Waals surface area contributed by atoms with Crippen LogP contribution >= 0.6 is 0 Å². The molecule has 0 unspecified atom stereocenters. The Balaban J connectivity index is 1.58. The topological polar surface area (TPSA) is 101 Å². The molecular weight excluding hydrogens is 472 g/mol. The van der Waals surface area contributed by atoms with Crippen molar-refractivity contribution in [2.24, 2.45) is 0 Å². The van der Waals surface area contributed by atoms with Crippen molar-refractivity contribution in [3.8, 4) is 28.7 Å². The summed E-state index contributed by atoms with van der Waals surface area (Å²) in [5, 5.41) is 2.84. The largest absolute Gasteiger partial charge is 0.493 e. The summed E-state index contributed by atoms with van der Waals surface area (Å²) in [6, 6.07) is 16.7. The van der Waals surface area contributed by atoms with Gasteiger partial charge in [0.1, 0.15) is 0 Å². The van der Waals surface area contributed by atoms with Gasteiger partial charge in [-0.3, -0.25) is 4.79 Å². The molecule has 0 fully saturated rings. The Bertz CT molecular complexity index is 1200. The first kappa shape index (κ1) is 27.3. The number of ether oxygens (including phenoxy) is 5. The molecule has 37 heavy (non-hydrogen) atoms. The van der Waals surface area contributed by atoms with Gasteiger partial charge in [-0.25, -0.2) is 0 Å². The summed E-state index contributed by atoms with van der Waals surface area (Å²) in [5.74, 6) is 2.92. The van der Waals surface area contributed by atoms with Gasteiger partial charge in [0.15, 0.2) is 23.0 Å². The highest BCUT2D eigenvalue weighted by Crippen LogP contribution is 2.38. The molecule has 0 saturated carbocycles. The Labute approximate surface area is 217 Å². The van der Waals surface area contributed by atoms with Crippen molar-refractivity contribution in [3.63, 3.8) is 0 Å². The molecule has 3 aromatic carbocycles. The van der Waals surface area contributed by atoms with Gasteiger partial charge in [0.2, 0.25) is 11.7 Å². The number of anilines is 2. The van der Waals surface area contributed by atoms with E-state index in [2.05, 4.69) is 5.32 Å². The van der Waals surface area contributed by atoms with Gasteiger partial charge in [0.05, 0.1) is 46.4 Å². The zero-order chi connectivity index (χ0) is 26.6. The van der Waals surface area contributed by atoms with Crippen LogP contribution in [-0.4, -0.2) is 41.0 Å². The molecule has 3 rings (SSSR count). The van der Waals surface area contributed by atoms with Crippen LogP contribution in [0.5, 0.6) is 28.7 Å². The number of unbranched alkanes of at least 4 members (excludes halogenated alkanes) is 1. The van der Waals surface area contributed by atoms with Gasteiger partial charge < -0.3 is 34.7 Å². The maximum atomic E-state index is 12.2. The van der Waals surface area contributed by atoms with Crippen LogP contribution in [0.1, 0.15) is 30.4 Å². The van der Waals surface area contributed by atoms with Crippen LogP contribution in [-0.2, 0) is 4.79 Å². The normalized spacial score (nSPS) is 10.7. The first-order valence-corrected chi connectivity index (χ1v) is 11.9. The number of para-hydroxylation sites is 2. The van der Waals surface area contributed by atoms with Crippen molar-refractivity contribution in [3.05, 3.63) is 65.7 Å². The summed E-state index contributed by atoms with van der Waals surface area (Å²) in [5.41, 5.74) is 8.88. The molecule has 3 aromatic rings. The highest BCUT2D eigenvalue weighted by atomic mass is 16.5. The number of nitrogens with one attached hydrogen (secondary N) is 1. The van der Waals surface area contributed by atoms with E-state index in [-0.39, 0.29) is 5.91 Å². The first-order chi connectivity index (χ1) is 18.0. The number of benzene rings is 3. The molecule has 196 valence electrons. The molecular formula is C29H34N2O6. The van der Waals surface area contributed by atoms with Crippen molar-refractivity contribution < 1.29 is 28.5 Å². The molecule has 0 aliphatic carbocycles. The SMILES string of the molecule is COc1ccc(C=Cc2cc(OC)c(OC)c(OC)c2)cc1OCCCCC(=O)Nc1ccccc1N. The molecule has 0 radical (unpaired) electrons. The Morgan fingerprint density at radius 1 is 0.784 bits per heavy atom. The maximum Gasteiger partial charge on any atom is 0.224 e. The molecule has 0 spiro atoms. The van der Waals surface area contributed by atoms with Crippen LogP contribution in [0.3, 0.4) is 0 Å². The standard InChI is InChI=1S/C29H34N2O6/c1-33-24-15-14-20(12-13-21-18-26(34-2)29(36-4)27(19-21)35-3)17-25(24)37-16-8-7-11-28(32)31-23-10-6-5-9-22(23)30/h5-6,9-10,12-15,17-19H,7-8,11,16,30H2,1-4H3,(H,31,32). The molecule has 8 heteroatoms. The van der Waals surface area contributed by atoms with E-state index in [4.69, 9.17) is 29.4 Å². The maximum absolute atomic E-state index is 12.2. The summed E-state index contributed by atoms with van der Waals surface area (Å²) in [4.78, 5) is 12.2. The third kappa shape index (κ3) is 7.57. The summed E-state index contributed by atoms with van der Waals surface area (Å²) in [6.45, 7) is 0.456. The molecule has 0 atom stereocenters. The Hall–Kier alpha value is -4.33. The molecule has 0 aliphatic heterocycles. The lowest BCUT2D eigenvalue weighted by atomic mass is 10.1. The molecule has 0 heterocycles. The zero-order valence-corrected chi connectivity index (χ0v) is 21.7. The second kappa shape index (κ2) is 13.7. The molecule has 0 saturated heterocycles. The number of nitrogen functional groups attached to an aromatic ring is 1. The fourth-order valence-electron chi connectivity index (χ4n) is 3.69. The summed E-state index contributed by atoms with van der Waals surface area (Å²) < 4.78 is 27.7. The summed E-state index contributed by atoms with van der Waals surface area (Å²) in [7, 11) is 6.35. The number of nitrogens with two attached hydrogens (primary N) is 1. The van der Waals surface area contributed by atoms with Crippen LogP contribution < -0.4 is 34.7 Å². The highest BCUT2D eigenvalue weighted by Gasteiger charge is 2.12. The Kier molecular flexibility index (Phi) is 10.1. The van der Waals surface area contributed by atoms with Crippen LogP contribution in [0.15, 0.2) is 54.6 Å². The summed E-state index contributed by atoms with van der Waals surface area (Å²) >= 11 is 0. The van der Waals surface area contributed by atoms with Gasteiger partial charge >= 0.3 is 0 Å². The monoisotopic (exact) mass is 506 g/mol. The number of amides is 1. The van der Waals surface area contributed by atoms with Crippen molar-refractivity contribution in [1.29, 1.82) is 0 Å². The quantitative estimate of drug-likeness (QED) is 0.175. The molecule has 1 amide bonds. The van der Waals surface area contributed by atoms with E-state index in [0.717, 1.165) is 11.1 Å². The number of rotatable bonds is 13. The smallest absolute Gasteiger partial charge is 0.224 e. The number of hydrogen-bond donors (Lipinski definition) is 2. The van der Waals surface area contributed by atoms with Gasteiger partial charge in [-0.15, -0.1) is 0 Å². The molecule has 3 N–H and O–H groups in total. The van der Waals surface area contributed by atoms with Gasteiger partial charge in [-0.2, -0.15) is 0 Å². The van der Waals surface area contributed by atoms with Gasteiger partial charge in [0.25, 0.3) is 0 Å². The minimum absolute atomic E-state index is 0.0746. The molecule has 0 aliphatic rings. The van der Waals surface area contributed by atoms with Crippen molar-refractivity contribution >= 4 is 29.4 Å². The van der Waals surface area contributed by atoms with Crippen molar-refractivity contribution in [2.75, 3.05) is 46.1 Å². The lowest BCUT2D eigenvalue weighted by Gasteiger charge is -2.13. The van der Waals surface area contributed by atoms with E-state index in [9.17, 15) is 4.79 Å². The lowest BCUT2D eigenvalue weighted by Crippen LogP contribution is -2.13. The van der Waals surface area contributed by atoms with E-state index in [1.54, 1.807) is 40.6 Å². The molecule has 0 bridgehead atoms. The third-order valence-electron chi connectivity index (χ3n) is 5.63. The zero-order valence-electron chi connectivity index (χ0n) is 21.7. The molecule has 0 aromatic heterocycles. The first-order valence-electron chi connectivity index (χ1n) is 11.9. The minimum atomic E-state index is -0.0746. The average Bonchev–Trinajstić information content (AvgIpc) is 2.92. The van der Waals surface area contributed by atoms with E-state index in [1.807, 2.05) is 54.6 Å². The van der Waals surface area contributed by atoms with Crippen LogP contribution in [0.2, 0.25) is 0 Å². The van der Waals surface area contributed by atoms with E-state index in [1.165, 1.54) is 0 Å². The number of carbonyl (C=O) groups excluding carboxylic acids is 1. The highest BCUT2D eigenvalue weighted by molar-refractivity contribution is 5.93. The fourth-order valence-corrected chi connectivity index (χ4v) is 3.69. The number of hydrogen-bond acceptors (Lipinski definition) is 7. The molecule has 8 nitrogen and oxygen atoms in total. The van der Waals surface area contributed by atoms with Crippen LogP contribution in [0.4, 0.5) is 11.4 Å². The van der Waals surface area contributed by atoms with Gasteiger partial charge in [-0.05, 0) is 60.4 Å². The third-order valence-corrected chi connectivity index (χ3v) is 5.63. The van der Waals surface area contributed by atoms with Gasteiger partial charge in [0, 0.05) is 6.42 Å². The predicted octanol–water partition coefficient (Wildman–Crippen LogP) is 5.66. The van der Waals surface area contributed by atoms with E-state index >= 15 is 0 Å². The second-order valence-electron chi connectivity index (χ2n) is 8.14. The van der Waals surface area contributed by atoms with Gasteiger partial charge in [-0.1, -0.05) is 30.4 Å². The number of methoxy groups -OCH3 is 4. The minimum Gasteiger partial charge on any atom is -0.493 e. The number of carbonyl (C=O) groups is 1. The summed E-state index contributed by atoms with van der Waals surface area (Å²) in [6.07, 6.45) is 5.70. The van der Waals surface area contributed by atoms with E-state index < -0.39 is 0 Å². The second-order valence-corrected chi connectivity index (χ2v) is 8.14. The predicted molar refractivity (Wildman–Crippen MR) is 147 cm³/mol. The Morgan fingerprint density at radius 2 is 1.43 bits per heavy atom. The van der Waals surface area contributed by atoms with Crippen molar-refractivity contribution in [2.45, 2.75) is 19.3 Å². The Morgan fingerprint density at radius 3 is 2.08 bits per heavy atom. The van der Waals surface area contributed by atoms with Crippen molar-refractivity contribution in [1.82, 2.24) is 0 Å².